The minimum absolute atomic E-state index is 0.404. The molecule has 0 fully saturated rings. The van der Waals surface area contributed by atoms with E-state index in [0.717, 1.165) is 46.2 Å². The highest BCUT2D eigenvalue weighted by Gasteiger charge is 2.10. The van der Waals surface area contributed by atoms with Crippen LogP contribution in [0.5, 0.6) is 0 Å². The third-order valence-corrected chi connectivity index (χ3v) is 7.50. The van der Waals surface area contributed by atoms with Gasteiger partial charge in [-0.1, -0.05) is 78.9 Å². The zero-order valence-corrected chi connectivity index (χ0v) is 26.1. The molecule has 0 radical (unpaired) electrons. The summed E-state index contributed by atoms with van der Waals surface area (Å²) >= 11 is 0. The fraction of sp³-hybridized carbons (Fsp3) is 0.0250. The zero-order chi connectivity index (χ0) is 32.4. The van der Waals surface area contributed by atoms with Crippen molar-refractivity contribution in [1.29, 1.82) is 0 Å². The molecule has 0 aliphatic heterocycles. The molecule has 8 heteroatoms. The van der Waals surface area contributed by atoms with E-state index in [2.05, 4.69) is 63.0 Å². The fourth-order valence-electron chi connectivity index (χ4n) is 5.12. The van der Waals surface area contributed by atoms with E-state index in [9.17, 15) is 0 Å². The number of para-hydroxylation sites is 2. The van der Waals surface area contributed by atoms with Crippen LogP contribution in [-0.2, 0) is 6.42 Å². The van der Waals surface area contributed by atoms with E-state index in [1.165, 1.54) is 11.1 Å². The van der Waals surface area contributed by atoms with Crippen molar-refractivity contribution in [2.75, 3.05) is 26.6 Å². The fourth-order valence-corrected chi connectivity index (χ4v) is 5.12. The van der Waals surface area contributed by atoms with Crippen molar-refractivity contribution >= 4 is 57.7 Å². The van der Waals surface area contributed by atoms with Gasteiger partial charge in [0.15, 0.2) is 0 Å². The monoisotopic (exact) mass is 626 g/mol. The van der Waals surface area contributed by atoms with Crippen LogP contribution in [0.25, 0.3) is 0 Å². The third-order valence-electron chi connectivity index (χ3n) is 7.50. The summed E-state index contributed by atoms with van der Waals surface area (Å²) in [5.74, 6) is 1.22. The Morgan fingerprint density at radius 3 is 0.917 bits per heavy atom. The van der Waals surface area contributed by atoms with Crippen LogP contribution in [0.15, 0.2) is 164 Å². The van der Waals surface area contributed by atoms with Gasteiger partial charge in [-0.25, -0.2) is 0 Å². The Morgan fingerprint density at radius 2 is 0.542 bits per heavy atom. The second-order valence-electron chi connectivity index (χ2n) is 11.2. The smallest absolute Gasteiger partial charge is 0.233 e. The molecule has 7 rings (SSSR count). The Labute approximate surface area is 280 Å². The van der Waals surface area contributed by atoms with Crippen molar-refractivity contribution in [3.8, 4) is 0 Å². The number of nitrogens with one attached hydrogen (secondary N) is 5. The molecule has 6 aromatic carbocycles. The van der Waals surface area contributed by atoms with Crippen LogP contribution in [0, 0.1) is 0 Å². The molecular formula is C40H34N8. The lowest BCUT2D eigenvalue weighted by atomic mass is 10.1. The summed E-state index contributed by atoms with van der Waals surface area (Å²) in [7, 11) is 0. The molecule has 0 amide bonds. The van der Waals surface area contributed by atoms with E-state index in [0.29, 0.717) is 17.8 Å². The second-order valence-corrected chi connectivity index (χ2v) is 11.2. The Kier molecular flexibility index (Phi) is 9.14. The Bertz CT molecular complexity index is 1780. The van der Waals surface area contributed by atoms with Gasteiger partial charge in [0.25, 0.3) is 0 Å². The standard InChI is InChI=1S/C40H34N8/c1-4-10-29(11-5-1)28-30-16-18-35(19-17-30)43-38-46-39(44-36-24-20-33(21-25-36)41-31-12-6-2-7-13-31)48-40(47-38)45-37-26-22-34(23-27-37)42-32-14-8-3-9-15-32/h1-27,41-42H,28H2,(H3,43,44,45,46,47,48). The summed E-state index contributed by atoms with van der Waals surface area (Å²) in [6.45, 7) is 0. The van der Waals surface area contributed by atoms with Crippen molar-refractivity contribution in [3.63, 3.8) is 0 Å². The van der Waals surface area contributed by atoms with Gasteiger partial charge in [-0.3, -0.25) is 0 Å². The van der Waals surface area contributed by atoms with Crippen LogP contribution in [0.4, 0.5) is 57.7 Å². The average molecular weight is 627 g/mol. The number of hydrogen-bond acceptors (Lipinski definition) is 8. The highest BCUT2D eigenvalue weighted by Crippen LogP contribution is 2.25. The first-order chi connectivity index (χ1) is 23.7. The van der Waals surface area contributed by atoms with Crippen LogP contribution in [0.2, 0.25) is 0 Å². The van der Waals surface area contributed by atoms with Crippen LogP contribution in [0.3, 0.4) is 0 Å². The van der Waals surface area contributed by atoms with Crippen LogP contribution in [-0.4, -0.2) is 15.0 Å². The molecule has 234 valence electrons. The van der Waals surface area contributed by atoms with Gasteiger partial charge in [0.1, 0.15) is 0 Å². The second kappa shape index (κ2) is 14.6. The van der Waals surface area contributed by atoms with Crippen molar-refractivity contribution in [1.82, 2.24) is 15.0 Å². The summed E-state index contributed by atoms with van der Waals surface area (Å²) in [6, 6.07) is 54.9. The van der Waals surface area contributed by atoms with E-state index in [-0.39, 0.29) is 0 Å². The first-order valence-electron chi connectivity index (χ1n) is 15.7. The number of rotatable bonds is 12. The number of anilines is 10. The molecule has 1 heterocycles. The molecule has 0 aliphatic rings. The van der Waals surface area contributed by atoms with Gasteiger partial charge in [-0.15, -0.1) is 0 Å². The van der Waals surface area contributed by atoms with Crippen LogP contribution in [0.1, 0.15) is 11.1 Å². The van der Waals surface area contributed by atoms with Crippen molar-refractivity contribution < 1.29 is 0 Å². The highest BCUT2D eigenvalue weighted by molar-refractivity contribution is 5.67. The van der Waals surface area contributed by atoms with Gasteiger partial charge in [-0.2, -0.15) is 15.0 Å². The van der Waals surface area contributed by atoms with Crippen molar-refractivity contribution in [3.05, 3.63) is 175 Å². The summed E-state index contributed by atoms with van der Waals surface area (Å²) in [4.78, 5) is 14.1. The third kappa shape index (κ3) is 8.32. The molecule has 8 nitrogen and oxygen atoms in total. The zero-order valence-electron chi connectivity index (χ0n) is 26.1. The average Bonchev–Trinajstić information content (AvgIpc) is 3.12. The number of nitrogens with zero attached hydrogens (tertiary/aromatic N) is 3. The van der Waals surface area contributed by atoms with E-state index >= 15 is 0 Å². The summed E-state index contributed by atoms with van der Waals surface area (Å²) < 4.78 is 0. The van der Waals surface area contributed by atoms with Crippen LogP contribution < -0.4 is 26.6 Å². The minimum atomic E-state index is 0.404. The number of aromatic nitrogens is 3. The van der Waals surface area contributed by atoms with Crippen molar-refractivity contribution in [2.45, 2.75) is 6.42 Å². The topological polar surface area (TPSA) is 98.8 Å². The molecule has 7 aromatic rings. The van der Waals surface area contributed by atoms with E-state index in [1.807, 2.05) is 127 Å². The molecule has 0 aliphatic carbocycles. The Morgan fingerprint density at radius 1 is 0.271 bits per heavy atom. The lowest BCUT2D eigenvalue weighted by molar-refractivity contribution is 1.06. The van der Waals surface area contributed by atoms with Gasteiger partial charge in [-0.05, 0) is 102 Å². The molecule has 0 bridgehead atoms. The number of benzene rings is 6. The van der Waals surface area contributed by atoms with Gasteiger partial charge >= 0.3 is 0 Å². The highest BCUT2D eigenvalue weighted by atomic mass is 15.3. The first-order valence-corrected chi connectivity index (χ1v) is 15.7. The summed E-state index contributed by atoms with van der Waals surface area (Å²) in [6.07, 6.45) is 0.869. The maximum absolute atomic E-state index is 4.70. The quantitative estimate of drug-likeness (QED) is 0.0914. The van der Waals surface area contributed by atoms with Crippen LogP contribution >= 0.6 is 0 Å². The van der Waals surface area contributed by atoms with Gasteiger partial charge < -0.3 is 26.6 Å². The summed E-state index contributed by atoms with van der Waals surface area (Å²) in [5.41, 5.74) is 9.08. The lowest BCUT2D eigenvalue weighted by Crippen LogP contribution is -2.07. The molecule has 5 N–H and O–H groups in total. The Balaban J connectivity index is 1.09. The van der Waals surface area contributed by atoms with Gasteiger partial charge in [0.2, 0.25) is 17.8 Å². The molecule has 0 unspecified atom stereocenters. The Hall–Kier alpha value is -6.67. The predicted molar refractivity (Wildman–Crippen MR) is 198 cm³/mol. The first kappa shape index (κ1) is 30.0. The molecule has 1 aromatic heterocycles. The molecule has 0 saturated carbocycles. The molecule has 0 saturated heterocycles. The van der Waals surface area contributed by atoms with E-state index in [1.54, 1.807) is 0 Å². The van der Waals surface area contributed by atoms with Crippen molar-refractivity contribution in [2.24, 2.45) is 0 Å². The molecular weight excluding hydrogens is 592 g/mol. The van der Waals surface area contributed by atoms with E-state index < -0.39 is 0 Å². The van der Waals surface area contributed by atoms with E-state index in [4.69, 9.17) is 15.0 Å². The molecule has 0 atom stereocenters. The summed E-state index contributed by atoms with van der Waals surface area (Å²) in [5, 5.41) is 16.9. The SMILES string of the molecule is c1ccc(Cc2ccc(Nc3nc(Nc4ccc(Nc5ccccc5)cc4)nc(Nc4ccc(Nc5ccccc5)cc4)n3)cc2)cc1. The predicted octanol–water partition coefficient (Wildman–Crippen LogP) is 10.2. The molecule has 48 heavy (non-hydrogen) atoms. The lowest BCUT2D eigenvalue weighted by Gasteiger charge is -2.13. The van der Waals surface area contributed by atoms with Gasteiger partial charge in [0.05, 0.1) is 0 Å². The van der Waals surface area contributed by atoms with Gasteiger partial charge in [0, 0.05) is 39.8 Å². The number of hydrogen-bond donors (Lipinski definition) is 5. The largest absolute Gasteiger partial charge is 0.356 e. The molecule has 0 spiro atoms. The minimum Gasteiger partial charge on any atom is -0.356 e. The maximum atomic E-state index is 4.70. The maximum Gasteiger partial charge on any atom is 0.233 e. The normalized spacial score (nSPS) is 10.6.